The number of isocyanates is 1. The minimum absolute atomic E-state index is 0.124. The number of aliphatic hydroxyl groups excluding tert-OH is 4. The van der Waals surface area contributed by atoms with E-state index in [0.717, 1.165) is 0 Å². The smallest absolute Gasteiger partial charge is 0.280 e. The van der Waals surface area contributed by atoms with Crippen LogP contribution in [-0.4, -0.2) is 71.1 Å². The van der Waals surface area contributed by atoms with Gasteiger partial charge in [-0.3, -0.25) is 0 Å². The Morgan fingerprint density at radius 1 is 1.17 bits per heavy atom. The molecule has 18 heavy (non-hydrogen) atoms. The van der Waals surface area contributed by atoms with Crippen LogP contribution in [-0.2, 0) is 14.3 Å². The molecule has 0 radical (unpaired) electrons. The maximum atomic E-state index is 10.3. The van der Waals surface area contributed by atoms with E-state index in [1.54, 1.807) is 6.92 Å². The van der Waals surface area contributed by atoms with Crippen LogP contribution in [0.5, 0.6) is 0 Å². The summed E-state index contributed by atoms with van der Waals surface area (Å²) in [5, 5.41) is 35.6. The fourth-order valence-electron chi connectivity index (χ4n) is 1.02. The van der Waals surface area contributed by atoms with Crippen LogP contribution in [0.2, 0.25) is 0 Å². The second-order valence-electron chi connectivity index (χ2n) is 3.56. The summed E-state index contributed by atoms with van der Waals surface area (Å²) < 4.78 is 10.2. The first-order valence-electron chi connectivity index (χ1n) is 5.48. The number of nitrogens with zero attached hydrogens (tertiary/aromatic N) is 1. The summed E-state index contributed by atoms with van der Waals surface area (Å²) in [6.07, 6.45) is -0.867. The average molecular weight is 265 g/mol. The quantitative estimate of drug-likeness (QED) is 0.207. The zero-order chi connectivity index (χ0) is 14.0. The van der Waals surface area contributed by atoms with Crippen LogP contribution in [0.15, 0.2) is 4.99 Å². The maximum Gasteiger partial charge on any atom is 0.280 e. The highest BCUT2D eigenvalue weighted by Gasteiger charge is 2.31. The Kier molecular flexibility index (Phi) is 8.69. The lowest BCUT2D eigenvalue weighted by Gasteiger charge is -2.28. The van der Waals surface area contributed by atoms with Crippen LogP contribution in [0, 0.1) is 0 Å². The number of aliphatic imine (C=N–C) groups is 1. The van der Waals surface area contributed by atoms with Crippen molar-refractivity contribution < 1.29 is 34.7 Å². The maximum absolute atomic E-state index is 10.3. The Bertz CT molecular complexity index is 253. The number of hydrogen-bond acceptors (Lipinski definition) is 8. The van der Waals surface area contributed by atoms with Gasteiger partial charge in [-0.05, 0) is 0 Å². The van der Waals surface area contributed by atoms with Gasteiger partial charge in [0.2, 0.25) is 6.08 Å². The molecule has 0 aliphatic rings. The van der Waals surface area contributed by atoms with Crippen molar-refractivity contribution in [3.8, 4) is 0 Å². The van der Waals surface area contributed by atoms with Crippen molar-refractivity contribution in [2.75, 3.05) is 26.4 Å². The van der Waals surface area contributed by atoms with Crippen molar-refractivity contribution in [3.63, 3.8) is 0 Å². The predicted molar refractivity (Wildman–Crippen MR) is 59.2 cm³/mol. The second-order valence-corrected chi connectivity index (χ2v) is 3.56. The lowest BCUT2D eigenvalue weighted by molar-refractivity contribution is -0.253. The van der Waals surface area contributed by atoms with Gasteiger partial charge in [0.1, 0.15) is 12.2 Å². The summed E-state index contributed by atoms with van der Waals surface area (Å²) in [6, 6.07) is 0. The van der Waals surface area contributed by atoms with Gasteiger partial charge < -0.3 is 29.9 Å². The summed E-state index contributed by atoms with van der Waals surface area (Å²) in [6.45, 7) is -0.0132. The molecule has 0 bridgehead atoms. The Morgan fingerprint density at radius 2 is 1.61 bits per heavy atom. The number of carbonyl (C=O) groups excluding carboxylic acids is 1. The largest absolute Gasteiger partial charge is 0.394 e. The van der Waals surface area contributed by atoms with Gasteiger partial charge in [0, 0.05) is 6.42 Å². The van der Waals surface area contributed by atoms with Crippen molar-refractivity contribution >= 4 is 6.08 Å². The van der Waals surface area contributed by atoms with Crippen molar-refractivity contribution in [1.29, 1.82) is 0 Å². The van der Waals surface area contributed by atoms with Crippen molar-refractivity contribution in [2.45, 2.75) is 31.5 Å². The van der Waals surface area contributed by atoms with Crippen LogP contribution in [0.4, 0.5) is 0 Å². The average Bonchev–Trinajstić information content (AvgIpc) is 2.41. The molecule has 0 aromatic rings. The van der Waals surface area contributed by atoms with Crippen LogP contribution in [0.1, 0.15) is 13.3 Å². The van der Waals surface area contributed by atoms with Gasteiger partial charge in [0.25, 0.3) is 5.91 Å². The minimum Gasteiger partial charge on any atom is -0.394 e. The Labute approximate surface area is 104 Å². The van der Waals surface area contributed by atoms with Gasteiger partial charge in [0.15, 0.2) is 0 Å². The minimum atomic E-state index is -1.69. The molecule has 0 fully saturated rings. The molecule has 0 aromatic heterocycles. The zero-order valence-electron chi connectivity index (χ0n) is 10.2. The van der Waals surface area contributed by atoms with Gasteiger partial charge >= 0.3 is 0 Å². The van der Waals surface area contributed by atoms with Gasteiger partial charge in [-0.25, -0.2) is 4.79 Å². The second kappa shape index (κ2) is 9.12. The molecule has 0 aliphatic carbocycles. The highest BCUT2D eigenvalue weighted by molar-refractivity contribution is 5.33. The Hall–Kier alpha value is -0.860. The molecule has 0 saturated carbocycles. The fraction of sp³-hybridized carbons (Fsp3) is 0.900. The first-order valence-corrected chi connectivity index (χ1v) is 5.48. The molecule has 4 N–H and O–H groups in total. The van der Waals surface area contributed by atoms with E-state index in [1.165, 1.54) is 6.08 Å². The number of rotatable bonds is 10. The highest BCUT2D eigenvalue weighted by Crippen LogP contribution is 2.20. The molecule has 8 nitrogen and oxygen atoms in total. The molecule has 0 saturated heterocycles. The summed E-state index contributed by atoms with van der Waals surface area (Å²) in [5.41, 5.74) is 0. The van der Waals surface area contributed by atoms with Gasteiger partial charge in [-0.1, -0.05) is 6.92 Å². The van der Waals surface area contributed by atoms with Crippen LogP contribution in [0.25, 0.3) is 0 Å². The Balaban J connectivity index is 4.55. The zero-order valence-corrected chi connectivity index (χ0v) is 10.2. The van der Waals surface area contributed by atoms with Crippen molar-refractivity contribution in [2.24, 2.45) is 4.99 Å². The monoisotopic (exact) mass is 265 g/mol. The SMILES string of the molecule is CCC(N=C=O)(OCC(O)CO)OCC(O)CO. The molecule has 0 heterocycles. The molecule has 8 heteroatoms. The van der Waals surface area contributed by atoms with Gasteiger partial charge in [-0.2, -0.15) is 0 Å². The van der Waals surface area contributed by atoms with Crippen LogP contribution >= 0.6 is 0 Å². The predicted octanol–water partition coefficient (Wildman–Crippen LogP) is -1.87. The van der Waals surface area contributed by atoms with Crippen molar-refractivity contribution in [1.82, 2.24) is 0 Å². The van der Waals surface area contributed by atoms with E-state index in [0.29, 0.717) is 0 Å². The number of ether oxygens (including phenoxy) is 2. The van der Waals surface area contributed by atoms with Crippen molar-refractivity contribution in [3.05, 3.63) is 0 Å². The fourth-order valence-corrected chi connectivity index (χ4v) is 1.02. The Morgan fingerprint density at radius 3 is 1.89 bits per heavy atom. The number of hydrogen-bond donors (Lipinski definition) is 4. The third-order valence-electron chi connectivity index (χ3n) is 2.09. The molecule has 0 aromatic carbocycles. The van der Waals surface area contributed by atoms with E-state index in [4.69, 9.17) is 29.9 Å². The first-order chi connectivity index (χ1) is 8.53. The topological polar surface area (TPSA) is 129 Å². The molecule has 2 unspecified atom stereocenters. The molecule has 2 atom stereocenters. The molecule has 0 aliphatic heterocycles. The third-order valence-corrected chi connectivity index (χ3v) is 2.09. The van der Waals surface area contributed by atoms with E-state index in [9.17, 15) is 4.79 Å². The van der Waals surface area contributed by atoms with Gasteiger partial charge in [0.05, 0.1) is 26.4 Å². The van der Waals surface area contributed by atoms with E-state index >= 15 is 0 Å². The van der Waals surface area contributed by atoms with Crippen LogP contribution < -0.4 is 0 Å². The summed E-state index contributed by atoms with van der Waals surface area (Å²) in [7, 11) is 0. The highest BCUT2D eigenvalue weighted by atomic mass is 16.7. The standard InChI is InChI=1S/C10H19NO7/c1-2-10(11-7-14,17-5-8(15)3-12)18-6-9(16)4-13/h8-9,12-13,15-16H,2-6H2,1H3. The first kappa shape index (κ1) is 17.1. The molecular formula is C10H19NO7. The van der Waals surface area contributed by atoms with E-state index in [2.05, 4.69) is 4.99 Å². The number of aliphatic hydroxyl groups is 4. The molecule has 0 amide bonds. The molecule has 0 spiro atoms. The normalized spacial score (nSPS) is 17.6. The van der Waals surface area contributed by atoms with E-state index < -0.39 is 31.3 Å². The van der Waals surface area contributed by atoms with Gasteiger partial charge in [-0.15, -0.1) is 4.99 Å². The third kappa shape index (κ3) is 6.18. The van der Waals surface area contributed by atoms with E-state index in [1.807, 2.05) is 0 Å². The summed E-state index contributed by atoms with van der Waals surface area (Å²) in [4.78, 5) is 13.7. The molecule has 0 rings (SSSR count). The summed E-state index contributed by atoms with van der Waals surface area (Å²) in [5.74, 6) is -1.69. The molecule has 106 valence electrons. The van der Waals surface area contributed by atoms with E-state index in [-0.39, 0.29) is 19.6 Å². The lowest BCUT2D eigenvalue weighted by atomic mass is 10.3. The van der Waals surface area contributed by atoms with Crippen LogP contribution in [0.3, 0.4) is 0 Å². The summed E-state index contributed by atoms with van der Waals surface area (Å²) >= 11 is 0. The molecular weight excluding hydrogens is 246 g/mol. The lowest BCUT2D eigenvalue weighted by Crippen LogP contribution is -2.39.